The molecule has 22 heavy (non-hydrogen) atoms. The van der Waals surface area contributed by atoms with Crippen molar-refractivity contribution in [3.05, 3.63) is 71.4 Å². The van der Waals surface area contributed by atoms with Crippen molar-refractivity contribution in [1.82, 2.24) is 0 Å². The number of rotatable bonds is 6. The summed E-state index contributed by atoms with van der Waals surface area (Å²) in [7, 11) is 0. The monoisotopic (exact) mass is 295 g/mol. The summed E-state index contributed by atoms with van der Waals surface area (Å²) in [6.07, 6.45) is 3.22. The van der Waals surface area contributed by atoms with E-state index in [0.717, 1.165) is 11.4 Å². The van der Waals surface area contributed by atoms with Gasteiger partial charge in [0.15, 0.2) is 5.78 Å². The second-order valence-corrected chi connectivity index (χ2v) is 5.05. The zero-order chi connectivity index (χ0) is 15.9. The van der Waals surface area contributed by atoms with Crippen LogP contribution in [-0.2, 0) is 0 Å². The number of allylic oxidation sites excluding steroid dienone is 1. The van der Waals surface area contributed by atoms with Crippen LogP contribution < -0.4 is 10.1 Å². The highest BCUT2D eigenvalue weighted by Crippen LogP contribution is 2.18. The summed E-state index contributed by atoms with van der Waals surface area (Å²) in [5, 5.41) is 3.16. The van der Waals surface area contributed by atoms with Crippen molar-refractivity contribution >= 4 is 11.5 Å². The van der Waals surface area contributed by atoms with Crippen LogP contribution in [0.15, 0.2) is 54.7 Å². The first-order valence-electron chi connectivity index (χ1n) is 7.38. The van der Waals surface area contributed by atoms with Crippen LogP contribution in [0.1, 0.15) is 28.4 Å². The smallest absolute Gasteiger partial charge is 0.187 e. The molecule has 0 heterocycles. The van der Waals surface area contributed by atoms with Crippen molar-refractivity contribution in [1.29, 1.82) is 0 Å². The maximum Gasteiger partial charge on any atom is 0.187 e. The fraction of sp³-hybridized carbons (Fsp3) is 0.211. The van der Waals surface area contributed by atoms with Crippen molar-refractivity contribution in [3.8, 4) is 5.75 Å². The van der Waals surface area contributed by atoms with Crippen LogP contribution in [0, 0.1) is 13.8 Å². The Labute approximate surface area is 131 Å². The fourth-order valence-electron chi connectivity index (χ4n) is 2.09. The Bertz CT molecular complexity index is 672. The minimum atomic E-state index is -0.0409. The first-order valence-corrected chi connectivity index (χ1v) is 7.38. The number of ketones is 1. The zero-order valence-corrected chi connectivity index (χ0v) is 13.2. The molecule has 114 valence electrons. The zero-order valence-electron chi connectivity index (χ0n) is 13.2. The van der Waals surface area contributed by atoms with Gasteiger partial charge in [-0.2, -0.15) is 0 Å². The van der Waals surface area contributed by atoms with Crippen molar-refractivity contribution in [2.24, 2.45) is 0 Å². The average Bonchev–Trinajstić information content (AvgIpc) is 2.52. The van der Waals surface area contributed by atoms with E-state index in [2.05, 4.69) is 25.2 Å². The summed E-state index contributed by atoms with van der Waals surface area (Å²) in [6, 6.07) is 13.2. The van der Waals surface area contributed by atoms with E-state index in [1.807, 2.05) is 31.2 Å². The number of benzene rings is 2. The van der Waals surface area contributed by atoms with Gasteiger partial charge in [0.2, 0.25) is 0 Å². The van der Waals surface area contributed by atoms with Crippen molar-refractivity contribution in [2.75, 3.05) is 11.9 Å². The molecule has 3 nitrogen and oxygen atoms in total. The van der Waals surface area contributed by atoms with Crippen LogP contribution in [0.25, 0.3) is 0 Å². The number of aryl methyl sites for hydroxylation is 1. The molecule has 0 saturated heterocycles. The second kappa shape index (κ2) is 7.46. The maximum absolute atomic E-state index is 12.1. The SMILES string of the molecule is CCOc1ccc(C(=O)C=CNc2cccc(C)c2C)cc1. The summed E-state index contributed by atoms with van der Waals surface area (Å²) >= 11 is 0. The van der Waals surface area contributed by atoms with Crippen molar-refractivity contribution in [2.45, 2.75) is 20.8 Å². The first-order chi connectivity index (χ1) is 10.6. The van der Waals surface area contributed by atoms with E-state index in [0.29, 0.717) is 12.2 Å². The van der Waals surface area contributed by atoms with Gasteiger partial charge in [0, 0.05) is 23.5 Å². The Morgan fingerprint density at radius 3 is 2.55 bits per heavy atom. The molecule has 2 aromatic rings. The molecular formula is C19H21NO2. The van der Waals surface area contributed by atoms with E-state index < -0.39 is 0 Å². The number of carbonyl (C=O) groups is 1. The number of anilines is 1. The minimum absolute atomic E-state index is 0.0409. The van der Waals surface area contributed by atoms with Crippen LogP contribution in [-0.4, -0.2) is 12.4 Å². The van der Waals surface area contributed by atoms with E-state index in [-0.39, 0.29) is 5.78 Å². The van der Waals surface area contributed by atoms with Gasteiger partial charge in [-0.1, -0.05) is 12.1 Å². The van der Waals surface area contributed by atoms with E-state index in [1.54, 1.807) is 18.3 Å². The lowest BCUT2D eigenvalue weighted by Crippen LogP contribution is -1.98. The molecule has 0 unspecified atom stereocenters. The summed E-state index contributed by atoms with van der Waals surface area (Å²) < 4.78 is 5.36. The van der Waals surface area contributed by atoms with Gasteiger partial charge in [-0.05, 0) is 62.2 Å². The molecule has 0 spiro atoms. The highest BCUT2D eigenvalue weighted by molar-refractivity contribution is 6.04. The van der Waals surface area contributed by atoms with E-state index in [1.165, 1.54) is 17.2 Å². The number of hydrogen-bond acceptors (Lipinski definition) is 3. The van der Waals surface area contributed by atoms with Gasteiger partial charge in [-0.25, -0.2) is 0 Å². The summed E-state index contributed by atoms with van der Waals surface area (Å²) in [5.74, 6) is 0.734. The third-order valence-corrected chi connectivity index (χ3v) is 3.53. The van der Waals surface area contributed by atoms with E-state index >= 15 is 0 Å². The summed E-state index contributed by atoms with van der Waals surface area (Å²) in [6.45, 7) is 6.67. The number of carbonyl (C=O) groups excluding carboxylic acids is 1. The number of nitrogens with one attached hydrogen (secondary N) is 1. The van der Waals surface area contributed by atoms with Crippen LogP contribution in [0.3, 0.4) is 0 Å². The number of hydrogen-bond donors (Lipinski definition) is 1. The molecule has 0 aliphatic carbocycles. The molecule has 0 aromatic heterocycles. The standard InChI is InChI=1S/C19H21NO2/c1-4-22-17-10-8-16(9-11-17)19(21)12-13-20-18-7-5-6-14(2)15(18)3/h5-13,20H,4H2,1-3H3. The van der Waals surface area contributed by atoms with E-state index in [4.69, 9.17) is 4.74 Å². The minimum Gasteiger partial charge on any atom is -0.494 e. The molecule has 0 saturated carbocycles. The molecule has 0 aliphatic rings. The van der Waals surface area contributed by atoms with Crippen LogP contribution >= 0.6 is 0 Å². The fourth-order valence-corrected chi connectivity index (χ4v) is 2.09. The van der Waals surface area contributed by atoms with E-state index in [9.17, 15) is 4.79 Å². The molecule has 0 amide bonds. The predicted octanol–water partition coefficient (Wildman–Crippen LogP) is 4.51. The normalized spacial score (nSPS) is 10.7. The molecule has 0 bridgehead atoms. The van der Waals surface area contributed by atoms with Crippen molar-refractivity contribution < 1.29 is 9.53 Å². The second-order valence-electron chi connectivity index (χ2n) is 5.05. The lowest BCUT2D eigenvalue weighted by molar-refractivity contribution is 0.104. The quantitative estimate of drug-likeness (QED) is 0.629. The average molecular weight is 295 g/mol. The Balaban J connectivity index is 2.00. The maximum atomic E-state index is 12.1. The molecule has 0 radical (unpaired) electrons. The van der Waals surface area contributed by atoms with Gasteiger partial charge in [-0.3, -0.25) is 4.79 Å². The molecule has 2 aromatic carbocycles. The molecular weight excluding hydrogens is 274 g/mol. The van der Waals surface area contributed by atoms with Gasteiger partial charge in [0.05, 0.1) is 6.61 Å². The molecule has 0 aliphatic heterocycles. The third-order valence-electron chi connectivity index (χ3n) is 3.53. The van der Waals surface area contributed by atoms with Gasteiger partial charge in [-0.15, -0.1) is 0 Å². The number of ether oxygens (including phenoxy) is 1. The van der Waals surface area contributed by atoms with Gasteiger partial charge < -0.3 is 10.1 Å². The molecule has 0 atom stereocenters. The molecule has 1 N–H and O–H groups in total. The lowest BCUT2D eigenvalue weighted by Gasteiger charge is -2.07. The van der Waals surface area contributed by atoms with Gasteiger partial charge >= 0.3 is 0 Å². The largest absolute Gasteiger partial charge is 0.494 e. The Morgan fingerprint density at radius 1 is 1.14 bits per heavy atom. The third kappa shape index (κ3) is 3.98. The molecule has 2 rings (SSSR count). The van der Waals surface area contributed by atoms with Gasteiger partial charge in [0.1, 0.15) is 5.75 Å². The highest BCUT2D eigenvalue weighted by Gasteiger charge is 2.02. The topological polar surface area (TPSA) is 38.3 Å². The Morgan fingerprint density at radius 2 is 1.86 bits per heavy atom. The predicted molar refractivity (Wildman–Crippen MR) is 90.6 cm³/mol. The Kier molecular flexibility index (Phi) is 5.37. The Hall–Kier alpha value is -2.55. The van der Waals surface area contributed by atoms with Crippen molar-refractivity contribution in [3.63, 3.8) is 0 Å². The van der Waals surface area contributed by atoms with Crippen LogP contribution in [0.2, 0.25) is 0 Å². The summed E-state index contributed by atoms with van der Waals surface area (Å²) in [4.78, 5) is 12.1. The summed E-state index contributed by atoms with van der Waals surface area (Å²) in [5.41, 5.74) is 4.05. The van der Waals surface area contributed by atoms with Crippen LogP contribution in [0.4, 0.5) is 5.69 Å². The molecule has 0 fully saturated rings. The molecule has 3 heteroatoms. The first kappa shape index (κ1) is 15.8. The lowest BCUT2D eigenvalue weighted by atomic mass is 10.1. The van der Waals surface area contributed by atoms with Gasteiger partial charge in [0.25, 0.3) is 0 Å². The highest BCUT2D eigenvalue weighted by atomic mass is 16.5. The van der Waals surface area contributed by atoms with Crippen LogP contribution in [0.5, 0.6) is 5.75 Å².